The number of benzene rings is 2. The number of imide groups is 1. The molecule has 2 amide bonds. The summed E-state index contributed by atoms with van der Waals surface area (Å²) < 4.78 is 5.13. The molecule has 0 unspecified atom stereocenters. The number of thioether (sulfide) groups is 1. The minimum atomic E-state index is -0.577. The van der Waals surface area contributed by atoms with Crippen molar-refractivity contribution in [1.82, 2.24) is 4.90 Å². The van der Waals surface area contributed by atoms with E-state index < -0.39 is 5.25 Å². The van der Waals surface area contributed by atoms with Crippen molar-refractivity contribution >= 4 is 34.5 Å². The van der Waals surface area contributed by atoms with E-state index in [0.717, 1.165) is 28.6 Å². The van der Waals surface area contributed by atoms with Gasteiger partial charge in [-0.3, -0.25) is 14.5 Å². The van der Waals surface area contributed by atoms with Crippen molar-refractivity contribution in [2.45, 2.75) is 25.1 Å². The van der Waals surface area contributed by atoms with Gasteiger partial charge in [-0.2, -0.15) is 5.10 Å². The lowest BCUT2D eigenvalue weighted by Gasteiger charge is -2.14. The number of amides is 2. The average molecular weight is 410 g/mol. The van der Waals surface area contributed by atoms with Crippen LogP contribution in [0.3, 0.4) is 0 Å². The number of likely N-dealkylation sites (tertiary alicyclic amines) is 1. The van der Waals surface area contributed by atoms with Gasteiger partial charge in [-0.25, -0.2) is 0 Å². The van der Waals surface area contributed by atoms with Crippen LogP contribution in [0.4, 0.5) is 0 Å². The van der Waals surface area contributed by atoms with Crippen molar-refractivity contribution in [3.05, 3.63) is 65.7 Å². The highest BCUT2D eigenvalue weighted by atomic mass is 32.2. The molecule has 29 heavy (non-hydrogen) atoms. The van der Waals surface area contributed by atoms with Crippen LogP contribution >= 0.6 is 11.8 Å². The van der Waals surface area contributed by atoms with Gasteiger partial charge in [-0.15, -0.1) is 5.10 Å². The Kier molecular flexibility index (Phi) is 6.66. The molecule has 0 aliphatic carbocycles. The molecule has 1 fully saturated rings. The van der Waals surface area contributed by atoms with Crippen LogP contribution in [-0.2, 0) is 16.1 Å². The van der Waals surface area contributed by atoms with E-state index >= 15 is 0 Å². The molecule has 0 radical (unpaired) electrons. The summed E-state index contributed by atoms with van der Waals surface area (Å²) in [4.78, 5) is 26.1. The second-order valence-corrected chi connectivity index (χ2v) is 7.69. The standard InChI is InChI=1S/C21H22N4O3S/c1-14(16-8-10-17(28-2)11-9-16)23-24-21(22)29-18-12-19(26)25(20(18)27)13-15-6-4-3-5-7-15/h3-11,18H,12-13H2,1-2H3,(H2,22,24)/t18-/m1/s1. The Balaban J connectivity index is 1.62. The number of ether oxygens (including phenoxy) is 1. The predicted molar refractivity (Wildman–Crippen MR) is 115 cm³/mol. The third-order valence-corrected chi connectivity index (χ3v) is 5.43. The maximum atomic E-state index is 12.6. The summed E-state index contributed by atoms with van der Waals surface area (Å²) in [6.07, 6.45) is 0.105. The van der Waals surface area contributed by atoms with E-state index in [4.69, 9.17) is 10.5 Å². The summed E-state index contributed by atoms with van der Waals surface area (Å²) >= 11 is 1.07. The molecule has 150 valence electrons. The summed E-state index contributed by atoms with van der Waals surface area (Å²) in [5.74, 6) is 0.296. The topological polar surface area (TPSA) is 97.3 Å². The molecule has 1 aliphatic heterocycles. The Morgan fingerprint density at radius 1 is 1.14 bits per heavy atom. The molecular formula is C21H22N4O3S. The third-order valence-electron chi connectivity index (χ3n) is 4.46. The molecule has 0 saturated carbocycles. The van der Waals surface area contributed by atoms with Crippen molar-refractivity contribution in [2.75, 3.05) is 7.11 Å². The monoisotopic (exact) mass is 410 g/mol. The molecule has 0 spiro atoms. The Labute approximate surface area is 173 Å². The van der Waals surface area contributed by atoms with Gasteiger partial charge in [0.25, 0.3) is 0 Å². The first-order valence-corrected chi connectivity index (χ1v) is 9.93. The van der Waals surface area contributed by atoms with Gasteiger partial charge in [-0.1, -0.05) is 42.1 Å². The smallest absolute Gasteiger partial charge is 0.243 e. The quantitative estimate of drug-likeness (QED) is 0.342. The zero-order chi connectivity index (χ0) is 20.8. The van der Waals surface area contributed by atoms with Gasteiger partial charge < -0.3 is 10.5 Å². The van der Waals surface area contributed by atoms with E-state index in [1.54, 1.807) is 7.11 Å². The summed E-state index contributed by atoms with van der Waals surface area (Å²) in [7, 11) is 1.61. The molecule has 2 aromatic carbocycles. The van der Waals surface area contributed by atoms with Gasteiger partial charge in [0.15, 0.2) is 5.17 Å². The molecule has 2 N–H and O–H groups in total. The van der Waals surface area contributed by atoms with Crippen molar-refractivity contribution in [2.24, 2.45) is 15.9 Å². The van der Waals surface area contributed by atoms with E-state index in [-0.39, 0.29) is 29.9 Å². The first-order chi connectivity index (χ1) is 14.0. The van der Waals surface area contributed by atoms with Gasteiger partial charge in [0.05, 0.1) is 19.4 Å². The molecule has 0 aromatic heterocycles. The average Bonchev–Trinajstić information content (AvgIpc) is 3.00. The minimum Gasteiger partial charge on any atom is -0.497 e. The van der Waals surface area contributed by atoms with Crippen molar-refractivity contribution in [1.29, 1.82) is 0 Å². The van der Waals surface area contributed by atoms with Crippen LogP contribution in [0.2, 0.25) is 0 Å². The summed E-state index contributed by atoms with van der Waals surface area (Å²) in [5.41, 5.74) is 8.40. The van der Waals surface area contributed by atoms with E-state index in [9.17, 15) is 9.59 Å². The highest BCUT2D eigenvalue weighted by Gasteiger charge is 2.39. The number of nitrogens with two attached hydrogens (primary N) is 1. The number of carbonyl (C=O) groups excluding carboxylic acids is 2. The number of nitrogens with zero attached hydrogens (tertiary/aromatic N) is 3. The van der Waals surface area contributed by atoms with Crippen molar-refractivity contribution in [3.8, 4) is 5.75 Å². The maximum Gasteiger partial charge on any atom is 0.243 e. The Hall–Kier alpha value is -3.13. The lowest BCUT2D eigenvalue weighted by atomic mass is 10.1. The van der Waals surface area contributed by atoms with Gasteiger partial charge in [0.2, 0.25) is 11.8 Å². The van der Waals surface area contributed by atoms with Gasteiger partial charge >= 0.3 is 0 Å². The lowest BCUT2D eigenvalue weighted by Crippen LogP contribution is -2.31. The van der Waals surface area contributed by atoms with Gasteiger partial charge in [0, 0.05) is 6.42 Å². The molecule has 7 nitrogen and oxygen atoms in total. The highest BCUT2D eigenvalue weighted by molar-refractivity contribution is 8.14. The first-order valence-electron chi connectivity index (χ1n) is 9.05. The maximum absolute atomic E-state index is 12.6. The van der Waals surface area contributed by atoms with Crippen LogP contribution < -0.4 is 10.5 Å². The van der Waals surface area contributed by atoms with Crippen LogP contribution in [-0.4, -0.2) is 40.0 Å². The number of methoxy groups -OCH3 is 1. The molecule has 8 heteroatoms. The van der Waals surface area contributed by atoms with E-state index in [1.165, 1.54) is 4.90 Å². The fourth-order valence-corrected chi connectivity index (χ4v) is 3.69. The number of hydrogen-bond donors (Lipinski definition) is 1. The number of carbonyl (C=O) groups is 2. The van der Waals surface area contributed by atoms with Crippen LogP contribution in [0.15, 0.2) is 64.8 Å². The van der Waals surface area contributed by atoms with Crippen LogP contribution in [0.25, 0.3) is 0 Å². The molecule has 1 saturated heterocycles. The molecule has 3 rings (SSSR count). The summed E-state index contributed by atoms with van der Waals surface area (Å²) in [6.45, 7) is 2.08. The molecule has 1 aliphatic rings. The normalized spacial score (nSPS) is 17.7. The number of rotatable bonds is 6. The molecule has 1 atom stereocenters. The van der Waals surface area contributed by atoms with E-state index in [2.05, 4.69) is 10.2 Å². The molecular weight excluding hydrogens is 388 g/mol. The van der Waals surface area contributed by atoms with E-state index in [0.29, 0.717) is 5.71 Å². The highest BCUT2D eigenvalue weighted by Crippen LogP contribution is 2.26. The van der Waals surface area contributed by atoms with Crippen LogP contribution in [0, 0.1) is 0 Å². The third kappa shape index (κ3) is 5.23. The molecule has 1 heterocycles. The first kappa shape index (κ1) is 20.6. The fourth-order valence-electron chi connectivity index (χ4n) is 2.86. The lowest BCUT2D eigenvalue weighted by molar-refractivity contribution is -0.138. The van der Waals surface area contributed by atoms with Crippen LogP contribution in [0.1, 0.15) is 24.5 Å². The second kappa shape index (κ2) is 9.38. The molecule has 2 aromatic rings. The van der Waals surface area contributed by atoms with Crippen molar-refractivity contribution in [3.63, 3.8) is 0 Å². The predicted octanol–water partition coefficient (Wildman–Crippen LogP) is 2.79. The Morgan fingerprint density at radius 2 is 1.83 bits per heavy atom. The minimum absolute atomic E-state index is 0.105. The zero-order valence-corrected chi connectivity index (χ0v) is 17.1. The SMILES string of the molecule is COc1ccc(C(C)=NN=C(N)S[C@@H]2CC(=O)N(Cc3ccccc3)C2=O)cc1. The van der Waals surface area contributed by atoms with Crippen molar-refractivity contribution < 1.29 is 14.3 Å². The molecule has 0 bridgehead atoms. The van der Waals surface area contributed by atoms with Gasteiger partial charge in [-0.05, 0) is 42.3 Å². The summed E-state index contributed by atoms with van der Waals surface area (Å²) in [5, 5.41) is 7.70. The van der Waals surface area contributed by atoms with E-state index in [1.807, 2.05) is 61.5 Å². The number of amidine groups is 1. The zero-order valence-electron chi connectivity index (χ0n) is 16.2. The summed E-state index contributed by atoms with van der Waals surface area (Å²) in [6, 6.07) is 16.8. The van der Waals surface area contributed by atoms with Gasteiger partial charge in [0.1, 0.15) is 11.0 Å². The number of hydrogen-bond acceptors (Lipinski definition) is 6. The Bertz CT molecular complexity index is 942. The van der Waals surface area contributed by atoms with Crippen LogP contribution in [0.5, 0.6) is 5.75 Å². The fraction of sp³-hybridized carbons (Fsp3) is 0.238. The Morgan fingerprint density at radius 3 is 2.48 bits per heavy atom. The second-order valence-electron chi connectivity index (χ2n) is 6.47. The largest absolute Gasteiger partial charge is 0.497 e.